The third-order valence-electron chi connectivity index (χ3n) is 5.81. The molecule has 1 heterocycles. The second-order valence-electron chi connectivity index (χ2n) is 8.55. The van der Waals surface area contributed by atoms with Crippen molar-refractivity contribution in [2.75, 3.05) is 11.6 Å². The molecule has 1 aliphatic rings. The van der Waals surface area contributed by atoms with E-state index < -0.39 is 63.7 Å². The Morgan fingerprint density at radius 3 is 1.93 bits per heavy atom. The molecule has 1 unspecified atom stereocenters. The highest BCUT2D eigenvalue weighted by Gasteiger charge is 2.71. The van der Waals surface area contributed by atoms with E-state index in [0.717, 1.165) is 24.5 Å². The van der Waals surface area contributed by atoms with Gasteiger partial charge in [-0.25, -0.2) is 13.2 Å². The van der Waals surface area contributed by atoms with Crippen LogP contribution in [0.3, 0.4) is 0 Å². The Hall–Kier alpha value is -3.85. The quantitative estimate of drug-likeness (QED) is 0.410. The van der Waals surface area contributed by atoms with Crippen LogP contribution in [0.2, 0.25) is 0 Å². The predicted octanol–water partition coefficient (Wildman–Crippen LogP) is 4.78. The van der Waals surface area contributed by atoms with Crippen LogP contribution in [-0.4, -0.2) is 50.2 Å². The molecule has 1 amide bonds. The van der Waals surface area contributed by atoms with E-state index in [1.165, 1.54) is 18.2 Å². The summed E-state index contributed by atoms with van der Waals surface area (Å²) in [6, 6.07) is 7.19. The third kappa shape index (κ3) is 7.27. The highest BCUT2D eigenvalue weighted by Crippen LogP contribution is 2.54. The summed E-state index contributed by atoms with van der Waals surface area (Å²) in [7, 11) is -3.46. The van der Waals surface area contributed by atoms with Crippen molar-refractivity contribution in [2.24, 2.45) is 0 Å². The van der Waals surface area contributed by atoms with Crippen LogP contribution in [0, 0.1) is 11.3 Å². The highest BCUT2D eigenvalue weighted by molar-refractivity contribution is 7.90. The number of fused-ring (bicyclic) bond motifs is 1. The monoisotopic (exact) mass is 619 g/mol. The van der Waals surface area contributed by atoms with Crippen LogP contribution in [0.5, 0.6) is 0 Å². The average molecular weight is 619 g/mol. The number of aliphatic carboxylic acids is 1. The van der Waals surface area contributed by atoms with Gasteiger partial charge in [0.05, 0.1) is 17.4 Å². The number of carbonyl (C=O) groups is 2. The molecule has 0 fully saturated rings. The standard InChI is InChI=1S/C21H17F6N3O3S.C2HF3O2/c1-34(32,33)15-6-7-16-12(10-15)11-29-17(16)18(31)30-14-4-2-13(3-5-14)19(8-9-28,20(22,23)24)21(25,26)27;3-2(4,5)1(6)7/h2-7,10,17,29H,8,11H2,1H3,(H,30,31);(H,6,7). The average Bonchev–Trinajstić information content (AvgIpc) is 3.24. The van der Waals surface area contributed by atoms with E-state index in [-0.39, 0.29) is 17.1 Å². The van der Waals surface area contributed by atoms with E-state index >= 15 is 0 Å². The summed E-state index contributed by atoms with van der Waals surface area (Å²) in [5, 5.41) is 21.1. The minimum atomic E-state index is -5.78. The molecule has 0 aliphatic carbocycles. The Labute approximate surface area is 225 Å². The number of sulfone groups is 1. The highest BCUT2D eigenvalue weighted by atomic mass is 32.2. The van der Waals surface area contributed by atoms with E-state index in [9.17, 15) is 52.7 Å². The number of carbonyl (C=O) groups excluding carboxylic acids is 1. The van der Waals surface area contributed by atoms with Crippen LogP contribution in [0.25, 0.3) is 0 Å². The first-order valence-electron chi connectivity index (χ1n) is 10.8. The van der Waals surface area contributed by atoms with Crippen LogP contribution >= 0.6 is 0 Å². The number of anilines is 1. The van der Waals surface area contributed by atoms with Gasteiger partial charge in [0.25, 0.3) is 0 Å². The van der Waals surface area contributed by atoms with Crippen molar-refractivity contribution in [3.63, 3.8) is 0 Å². The number of halogens is 9. The fraction of sp³-hybridized carbons (Fsp3) is 0.348. The summed E-state index contributed by atoms with van der Waals surface area (Å²) < 4.78 is 136. The molecule has 2 aromatic rings. The van der Waals surface area contributed by atoms with Gasteiger partial charge in [0.15, 0.2) is 15.3 Å². The number of nitrogens with zero attached hydrogens (tertiary/aromatic N) is 1. The lowest BCUT2D eigenvalue weighted by Gasteiger charge is -2.36. The number of benzene rings is 2. The largest absolute Gasteiger partial charge is 0.490 e. The number of alkyl halides is 9. The van der Waals surface area contributed by atoms with Gasteiger partial charge in [0, 0.05) is 18.5 Å². The number of nitrogens with one attached hydrogen (secondary N) is 2. The summed E-state index contributed by atoms with van der Waals surface area (Å²) in [4.78, 5) is 21.6. The molecule has 0 saturated heterocycles. The maximum absolute atomic E-state index is 13.5. The first-order chi connectivity index (χ1) is 18.6. The van der Waals surface area contributed by atoms with Gasteiger partial charge in [0.2, 0.25) is 5.91 Å². The van der Waals surface area contributed by atoms with Gasteiger partial charge in [0.1, 0.15) is 6.04 Å². The second-order valence-corrected chi connectivity index (χ2v) is 10.6. The molecule has 0 saturated carbocycles. The van der Waals surface area contributed by atoms with Gasteiger partial charge in [-0.1, -0.05) is 18.2 Å². The number of hydrogen-bond donors (Lipinski definition) is 3. The SMILES string of the molecule is CS(=O)(=O)c1ccc2c(c1)CNC2C(=O)Nc1ccc(C(CC#N)(C(F)(F)F)C(F)(F)F)cc1.O=C(O)C(F)(F)F. The number of nitriles is 1. The molecule has 18 heteroatoms. The Morgan fingerprint density at radius 2 is 1.51 bits per heavy atom. The molecule has 41 heavy (non-hydrogen) atoms. The van der Waals surface area contributed by atoms with Crippen LogP contribution < -0.4 is 10.6 Å². The molecule has 224 valence electrons. The zero-order valence-corrected chi connectivity index (χ0v) is 21.2. The molecule has 8 nitrogen and oxygen atoms in total. The van der Waals surface area contributed by atoms with Gasteiger partial charge in [-0.2, -0.15) is 44.8 Å². The van der Waals surface area contributed by atoms with E-state index in [2.05, 4.69) is 10.6 Å². The van der Waals surface area contributed by atoms with E-state index in [1.807, 2.05) is 0 Å². The molecular weight excluding hydrogens is 601 g/mol. The van der Waals surface area contributed by atoms with E-state index in [0.29, 0.717) is 23.3 Å². The lowest BCUT2D eigenvalue weighted by molar-refractivity contribution is -0.302. The number of carboxylic acid groups (broad SMARTS) is 1. The number of rotatable bonds is 5. The molecule has 0 aromatic heterocycles. The normalized spacial score (nSPS) is 15.7. The molecule has 2 aromatic carbocycles. The van der Waals surface area contributed by atoms with Crippen LogP contribution in [0.4, 0.5) is 45.2 Å². The van der Waals surface area contributed by atoms with Gasteiger partial charge in [-0.05, 0) is 41.0 Å². The van der Waals surface area contributed by atoms with Crippen molar-refractivity contribution >= 4 is 27.4 Å². The summed E-state index contributed by atoms with van der Waals surface area (Å²) in [6.45, 7) is 0.184. The Morgan fingerprint density at radius 1 is 1.00 bits per heavy atom. The van der Waals surface area contributed by atoms with Crippen molar-refractivity contribution in [3.8, 4) is 6.07 Å². The summed E-state index contributed by atoms with van der Waals surface area (Å²) in [5.74, 6) is -3.40. The Bertz CT molecular complexity index is 1430. The molecule has 1 atom stereocenters. The molecule has 3 N–H and O–H groups in total. The number of carboxylic acids is 1. The molecule has 0 bridgehead atoms. The zero-order valence-electron chi connectivity index (χ0n) is 20.4. The number of amides is 1. The van der Waals surface area contributed by atoms with Crippen LogP contribution in [-0.2, 0) is 31.4 Å². The lowest BCUT2D eigenvalue weighted by atomic mass is 9.76. The van der Waals surface area contributed by atoms with Gasteiger partial charge >= 0.3 is 24.5 Å². The van der Waals surface area contributed by atoms with E-state index in [1.54, 1.807) is 0 Å². The Kier molecular flexibility index (Phi) is 9.41. The molecule has 3 rings (SSSR count). The lowest BCUT2D eigenvalue weighted by Crippen LogP contribution is -2.53. The molecule has 0 radical (unpaired) electrons. The van der Waals surface area contributed by atoms with Crippen molar-refractivity contribution in [3.05, 3.63) is 59.2 Å². The minimum absolute atomic E-state index is 0.0630. The second kappa shape index (κ2) is 11.6. The van der Waals surface area contributed by atoms with Crippen molar-refractivity contribution < 1.29 is 62.6 Å². The summed E-state index contributed by atoms with van der Waals surface area (Å²) in [6.07, 6.45) is -17.5. The Balaban J connectivity index is 0.000000745. The van der Waals surface area contributed by atoms with Gasteiger partial charge in [-0.3, -0.25) is 10.1 Å². The topological polar surface area (TPSA) is 136 Å². The van der Waals surface area contributed by atoms with Crippen LogP contribution in [0.15, 0.2) is 47.4 Å². The molecular formula is C23H18F9N3O5S. The zero-order chi connectivity index (χ0) is 31.6. The molecule has 1 aliphatic heterocycles. The third-order valence-corrected chi connectivity index (χ3v) is 6.92. The molecule has 0 spiro atoms. The fourth-order valence-corrected chi connectivity index (χ4v) is 4.44. The van der Waals surface area contributed by atoms with Crippen molar-refractivity contribution in [1.29, 1.82) is 5.26 Å². The first kappa shape index (κ1) is 33.4. The maximum Gasteiger partial charge on any atom is 0.490 e. The predicted molar refractivity (Wildman–Crippen MR) is 122 cm³/mol. The van der Waals surface area contributed by atoms with E-state index in [4.69, 9.17) is 15.2 Å². The fourth-order valence-electron chi connectivity index (χ4n) is 3.77. The van der Waals surface area contributed by atoms with Gasteiger partial charge in [-0.15, -0.1) is 0 Å². The minimum Gasteiger partial charge on any atom is -0.475 e. The maximum atomic E-state index is 13.5. The van der Waals surface area contributed by atoms with Crippen LogP contribution in [0.1, 0.15) is 29.2 Å². The first-order valence-corrected chi connectivity index (χ1v) is 12.7. The van der Waals surface area contributed by atoms with Gasteiger partial charge < -0.3 is 10.4 Å². The van der Waals surface area contributed by atoms with Crippen molar-refractivity contribution in [2.45, 2.75) is 47.8 Å². The number of hydrogen-bond acceptors (Lipinski definition) is 6. The summed E-state index contributed by atoms with van der Waals surface area (Å²) in [5.41, 5.74) is -4.56. The smallest absolute Gasteiger partial charge is 0.475 e. The summed E-state index contributed by atoms with van der Waals surface area (Å²) >= 11 is 0. The van der Waals surface area contributed by atoms with Crippen molar-refractivity contribution in [1.82, 2.24) is 5.32 Å².